The summed E-state index contributed by atoms with van der Waals surface area (Å²) in [5.74, 6) is -0.199. The number of hydrogen-bond acceptors (Lipinski definition) is 6. The van der Waals surface area contributed by atoms with Crippen molar-refractivity contribution in [3.8, 4) is 11.5 Å². The number of benzene rings is 3. The Morgan fingerprint density at radius 3 is 2.29 bits per heavy atom. The number of phenols is 1. The van der Waals surface area contributed by atoms with Gasteiger partial charge in [0.15, 0.2) is 5.78 Å². The zero-order valence-electron chi connectivity index (χ0n) is 15.0. The lowest BCUT2D eigenvalue weighted by Gasteiger charge is -2.11. The summed E-state index contributed by atoms with van der Waals surface area (Å²) < 4.78 is 5.27. The molecule has 0 saturated heterocycles. The van der Waals surface area contributed by atoms with E-state index in [1.807, 2.05) is 42.5 Å². The third kappa shape index (κ3) is 5.13. The summed E-state index contributed by atoms with van der Waals surface area (Å²) in [4.78, 5) is 14.8. The van der Waals surface area contributed by atoms with Crippen LogP contribution in [0.25, 0.3) is 0 Å². The van der Waals surface area contributed by atoms with Crippen molar-refractivity contribution in [2.75, 3.05) is 13.2 Å². The molecule has 0 fully saturated rings. The molecule has 1 unspecified atom stereocenters. The number of rotatable bonds is 8. The second-order valence-corrected chi connectivity index (χ2v) is 7.24. The van der Waals surface area contributed by atoms with Crippen molar-refractivity contribution >= 4 is 17.5 Å². The lowest BCUT2D eigenvalue weighted by atomic mass is 10.0. The van der Waals surface area contributed by atoms with Gasteiger partial charge in [-0.3, -0.25) is 4.79 Å². The number of phenolic OH excluding ortho intramolecular Hbond substituents is 1. The van der Waals surface area contributed by atoms with E-state index in [1.54, 1.807) is 23.9 Å². The Morgan fingerprint density at radius 1 is 0.964 bits per heavy atom. The molecule has 3 aromatic rings. The summed E-state index contributed by atoms with van der Waals surface area (Å²) in [6.45, 7) is -0.523. The van der Waals surface area contributed by atoms with Gasteiger partial charge in [0, 0.05) is 21.4 Å². The largest absolute Gasteiger partial charge is 0.507 e. The molecule has 5 nitrogen and oxygen atoms in total. The zero-order chi connectivity index (χ0) is 19.9. The van der Waals surface area contributed by atoms with Crippen LogP contribution in [-0.2, 0) is 0 Å². The average molecular weight is 396 g/mol. The van der Waals surface area contributed by atoms with Crippen molar-refractivity contribution in [1.29, 1.82) is 0 Å². The maximum absolute atomic E-state index is 12.7. The van der Waals surface area contributed by atoms with Crippen LogP contribution in [0.2, 0.25) is 0 Å². The molecule has 0 bridgehead atoms. The molecule has 1 atom stereocenters. The molecule has 0 aliphatic heterocycles. The van der Waals surface area contributed by atoms with Gasteiger partial charge in [0.1, 0.15) is 24.2 Å². The van der Waals surface area contributed by atoms with E-state index in [4.69, 9.17) is 9.84 Å². The molecule has 3 aromatic carbocycles. The number of aliphatic hydroxyl groups is 2. The maximum atomic E-state index is 12.7. The zero-order valence-corrected chi connectivity index (χ0v) is 15.8. The molecule has 0 saturated carbocycles. The van der Waals surface area contributed by atoms with Gasteiger partial charge in [0.2, 0.25) is 0 Å². The minimum atomic E-state index is -1.00. The van der Waals surface area contributed by atoms with Crippen LogP contribution in [0.3, 0.4) is 0 Å². The lowest BCUT2D eigenvalue weighted by Crippen LogP contribution is -2.21. The van der Waals surface area contributed by atoms with E-state index in [9.17, 15) is 15.0 Å². The lowest BCUT2D eigenvalue weighted by molar-refractivity contribution is 0.0535. The van der Waals surface area contributed by atoms with Crippen LogP contribution in [-0.4, -0.2) is 40.4 Å². The van der Waals surface area contributed by atoms with Crippen molar-refractivity contribution in [1.82, 2.24) is 0 Å². The maximum Gasteiger partial charge on any atom is 0.196 e. The predicted octanol–water partition coefficient (Wildman–Crippen LogP) is 3.51. The van der Waals surface area contributed by atoms with Crippen LogP contribution in [0, 0.1) is 0 Å². The minimum Gasteiger partial charge on any atom is -0.507 e. The van der Waals surface area contributed by atoms with Crippen molar-refractivity contribution in [2.24, 2.45) is 0 Å². The molecule has 0 aliphatic carbocycles. The Kier molecular flexibility index (Phi) is 6.71. The highest BCUT2D eigenvalue weighted by Crippen LogP contribution is 2.29. The van der Waals surface area contributed by atoms with Gasteiger partial charge in [-0.15, -0.1) is 0 Å². The summed E-state index contributed by atoms with van der Waals surface area (Å²) in [7, 11) is 0. The molecule has 6 heteroatoms. The molecule has 0 aliphatic rings. The first kappa shape index (κ1) is 19.9. The van der Waals surface area contributed by atoms with Crippen LogP contribution in [0.4, 0.5) is 0 Å². The quantitative estimate of drug-likeness (QED) is 0.505. The van der Waals surface area contributed by atoms with Gasteiger partial charge in [-0.2, -0.15) is 0 Å². The fraction of sp³-hybridized carbons (Fsp3) is 0.136. The van der Waals surface area contributed by atoms with Crippen LogP contribution < -0.4 is 4.74 Å². The van der Waals surface area contributed by atoms with Crippen molar-refractivity contribution in [3.05, 3.63) is 83.9 Å². The SMILES string of the molecule is O=C(c1ccc(Sc2ccccc2)cc1)c1ccc(OCC(O)CO)cc1O. The van der Waals surface area contributed by atoms with Gasteiger partial charge in [-0.25, -0.2) is 0 Å². The molecular weight excluding hydrogens is 376 g/mol. The third-order valence-corrected chi connectivity index (χ3v) is 4.98. The Morgan fingerprint density at radius 2 is 1.64 bits per heavy atom. The molecule has 3 rings (SSSR count). The van der Waals surface area contributed by atoms with Gasteiger partial charge in [0.05, 0.1) is 12.2 Å². The molecule has 144 valence electrons. The summed E-state index contributed by atoms with van der Waals surface area (Å²) in [5, 5.41) is 28.3. The van der Waals surface area contributed by atoms with E-state index in [1.165, 1.54) is 18.2 Å². The highest BCUT2D eigenvalue weighted by molar-refractivity contribution is 7.99. The fourth-order valence-corrected chi connectivity index (χ4v) is 3.33. The Hall–Kier alpha value is -2.80. The molecule has 0 amide bonds. The number of aromatic hydroxyl groups is 1. The van der Waals surface area contributed by atoms with Crippen LogP contribution in [0.15, 0.2) is 82.6 Å². The van der Waals surface area contributed by atoms with E-state index in [0.29, 0.717) is 11.3 Å². The predicted molar refractivity (Wildman–Crippen MR) is 107 cm³/mol. The fourth-order valence-electron chi connectivity index (χ4n) is 2.49. The number of carbonyl (C=O) groups is 1. The van der Waals surface area contributed by atoms with E-state index < -0.39 is 12.7 Å². The Labute approximate surface area is 167 Å². The van der Waals surface area contributed by atoms with E-state index >= 15 is 0 Å². The van der Waals surface area contributed by atoms with Crippen molar-refractivity contribution in [2.45, 2.75) is 15.9 Å². The minimum absolute atomic E-state index is 0.107. The van der Waals surface area contributed by atoms with Gasteiger partial charge in [0.25, 0.3) is 0 Å². The second kappa shape index (κ2) is 9.41. The number of aliphatic hydroxyl groups excluding tert-OH is 2. The molecule has 3 N–H and O–H groups in total. The summed E-state index contributed by atoms with van der Waals surface area (Å²) in [6, 6.07) is 21.5. The van der Waals surface area contributed by atoms with Crippen LogP contribution in [0.1, 0.15) is 15.9 Å². The molecule has 0 spiro atoms. The van der Waals surface area contributed by atoms with E-state index in [2.05, 4.69) is 0 Å². The smallest absolute Gasteiger partial charge is 0.196 e. The highest BCUT2D eigenvalue weighted by Gasteiger charge is 2.15. The highest BCUT2D eigenvalue weighted by atomic mass is 32.2. The monoisotopic (exact) mass is 396 g/mol. The first-order valence-electron chi connectivity index (χ1n) is 8.69. The summed E-state index contributed by atoms with van der Waals surface area (Å²) in [5.41, 5.74) is 0.635. The van der Waals surface area contributed by atoms with Gasteiger partial charge in [-0.05, 0) is 48.5 Å². The Balaban J connectivity index is 1.69. The normalized spacial score (nSPS) is 11.8. The molecule has 28 heavy (non-hydrogen) atoms. The third-order valence-electron chi connectivity index (χ3n) is 3.96. The molecular formula is C22H20O5S. The van der Waals surface area contributed by atoms with Gasteiger partial charge < -0.3 is 20.1 Å². The van der Waals surface area contributed by atoms with Crippen LogP contribution in [0.5, 0.6) is 11.5 Å². The van der Waals surface area contributed by atoms with E-state index in [-0.39, 0.29) is 23.7 Å². The number of hydrogen-bond donors (Lipinski definition) is 3. The standard InChI is InChI=1S/C22H20O5S/c23-13-16(24)14-27-17-8-11-20(21(25)12-17)22(26)15-6-9-19(10-7-15)28-18-4-2-1-3-5-18/h1-12,16,23-25H,13-14H2. The van der Waals surface area contributed by atoms with Crippen molar-refractivity contribution < 1.29 is 24.9 Å². The van der Waals surface area contributed by atoms with Crippen molar-refractivity contribution in [3.63, 3.8) is 0 Å². The molecule has 0 heterocycles. The topological polar surface area (TPSA) is 87.0 Å². The first-order chi connectivity index (χ1) is 13.6. The Bertz CT molecular complexity index is 925. The number of ether oxygens (including phenoxy) is 1. The molecule has 0 aromatic heterocycles. The summed E-state index contributed by atoms with van der Waals surface area (Å²) in [6.07, 6.45) is -1.00. The average Bonchev–Trinajstić information content (AvgIpc) is 2.73. The first-order valence-corrected chi connectivity index (χ1v) is 9.51. The molecule has 0 radical (unpaired) electrons. The number of ketones is 1. The van der Waals surface area contributed by atoms with E-state index in [0.717, 1.165) is 9.79 Å². The van der Waals surface area contributed by atoms with Gasteiger partial charge in [-0.1, -0.05) is 30.0 Å². The second-order valence-electron chi connectivity index (χ2n) is 6.09. The van der Waals surface area contributed by atoms with Gasteiger partial charge >= 0.3 is 0 Å². The van der Waals surface area contributed by atoms with Crippen LogP contribution >= 0.6 is 11.8 Å². The number of carbonyl (C=O) groups excluding carboxylic acids is 1. The summed E-state index contributed by atoms with van der Waals surface area (Å²) >= 11 is 1.60.